The summed E-state index contributed by atoms with van der Waals surface area (Å²) in [5.41, 5.74) is -0.0846. The fourth-order valence-corrected chi connectivity index (χ4v) is 2.44. The van der Waals surface area contributed by atoms with Crippen molar-refractivity contribution in [1.82, 2.24) is 9.55 Å². The molecule has 0 bridgehead atoms. The minimum absolute atomic E-state index is 0.00505. The van der Waals surface area contributed by atoms with E-state index in [1.54, 1.807) is 31.4 Å². The number of hydrogen-bond acceptors (Lipinski definition) is 4. The number of fused-ring (bicyclic) bond motifs is 1. The Balaban J connectivity index is 2.08. The number of carbonyl (C=O) groups is 1. The first-order valence-electron chi connectivity index (χ1n) is 7.12. The number of nitrogens with zero attached hydrogens (tertiary/aromatic N) is 1. The Morgan fingerprint density at radius 2 is 1.88 bits per heavy atom. The number of aromatic nitrogens is 2. The molecule has 1 aromatic heterocycles. The summed E-state index contributed by atoms with van der Waals surface area (Å²) in [6, 6.07) is 11.0. The van der Waals surface area contributed by atoms with Gasteiger partial charge in [0, 0.05) is 0 Å². The number of carboxylic acids is 1. The molecule has 0 amide bonds. The number of hydrogen-bond donors (Lipinski definition) is 2. The Labute approximate surface area is 135 Å². The van der Waals surface area contributed by atoms with Crippen molar-refractivity contribution < 1.29 is 14.6 Å². The molecule has 0 saturated heterocycles. The van der Waals surface area contributed by atoms with E-state index < -0.39 is 17.2 Å². The smallest absolute Gasteiger partial charge is 0.335 e. The van der Waals surface area contributed by atoms with Gasteiger partial charge in [-0.15, -0.1) is 0 Å². The SMILES string of the molecule is COc1ccc(Cn2c(=O)[nH]c3cc(C(=O)O)ccc3c2=O)cc1. The predicted octanol–water partition coefficient (Wildman–Crippen LogP) is 1.44. The van der Waals surface area contributed by atoms with Crippen LogP contribution in [0, 0.1) is 0 Å². The van der Waals surface area contributed by atoms with E-state index in [9.17, 15) is 14.4 Å². The molecule has 2 N–H and O–H groups in total. The van der Waals surface area contributed by atoms with Crippen LogP contribution in [0.4, 0.5) is 0 Å². The van der Waals surface area contributed by atoms with E-state index in [1.807, 2.05) is 0 Å². The van der Waals surface area contributed by atoms with Gasteiger partial charge in [-0.1, -0.05) is 12.1 Å². The molecule has 0 fully saturated rings. The Bertz CT molecular complexity index is 1030. The summed E-state index contributed by atoms with van der Waals surface area (Å²) in [4.78, 5) is 38.3. The Hall–Kier alpha value is -3.35. The number of H-pyrrole nitrogens is 1. The van der Waals surface area contributed by atoms with Crippen LogP contribution in [0.1, 0.15) is 15.9 Å². The van der Waals surface area contributed by atoms with Gasteiger partial charge in [-0.25, -0.2) is 9.59 Å². The van der Waals surface area contributed by atoms with Crippen LogP contribution >= 0.6 is 0 Å². The molecule has 2 aromatic carbocycles. The number of carboxylic acid groups (broad SMARTS) is 1. The predicted molar refractivity (Wildman–Crippen MR) is 87.9 cm³/mol. The van der Waals surface area contributed by atoms with Gasteiger partial charge in [-0.3, -0.25) is 9.36 Å². The Morgan fingerprint density at radius 3 is 2.50 bits per heavy atom. The van der Waals surface area contributed by atoms with Crippen molar-refractivity contribution in [3.05, 3.63) is 74.4 Å². The molecule has 0 saturated carbocycles. The van der Waals surface area contributed by atoms with E-state index in [0.717, 1.165) is 10.1 Å². The molecular formula is C17H14N2O5. The number of nitrogens with one attached hydrogen (secondary N) is 1. The van der Waals surface area contributed by atoms with Crippen molar-refractivity contribution in [3.8, 4) is 5.75 Å². The molecule has 0 aliphatic rings. The zero-order chi connectivity index (χ0) is 17.3. The van der Waals surface area contributed by atoms with Crippen molar-refractivity contribution in [1.29, 1.82) is 0 Å². The second-order valence-electron chi connectivity index (χ2n) is 5.24. The van der Waals surface area contributed by atoms with Crippen molar-refractivity contribution in [2.24, 2.45) is 0 Å². The normalized spacial score (nSPS) is 10.7. The van der Waals surface area contributed by atoms with Gasteiger partial charge in [0.2, 0.25) is 0 Å². The summed E-state index contributed by atoms with van der Waals surface area (Å²) < 4.78 is 6.14. The number of benzene rings is 2. The summed E-state index contributed by atoms with van der Waals surface area (Å²) in [7, 11) is 1.55. The molecule has 3 aromatic rings. The van der Waals surface area contributed by atoms with Gasteiger partial charge < -0.3 is 14.8 Å². The van der Waals surface area contributed by atoms with Gasteiger partial charge in [0.15, 0.2) is 0 Å². The molecule has 122 valence electrons. The molecule has 0 aliphatic heterocycles. The first-order valence-corrected chi connectivity index (χ1v) is 7.12. The fourth-order valence-electron chi connectivity index (χ4n) is 2.44. The zero-order valence-electron chi connectivity index (χ0n) is 12.8. The van der Waals surface area contributed by atoms with Gasteiger partial charge in [0.05, 0.1) is 30.1 Å². The van der Waals surface area contributed by atoms with Gasteiger partial charge in [-0.2, -0.15) is 0 Å². The van der Waals surface area contributed by atoms with Crippen LogP contribution in [0.25, 0.3) is 10.9 Å². The van der Waals surface area contributed by atoms with Crippen LogP contribution in [-0.4, -0.2) is 27.7 Å². The van der Waals surface area contributed by atoms with Gasteiger partial charge >= 0.3 is 11.7 Å². The maximum Gasteiger partial charge on any atom is 0.335 e. The third-order valence-corrected chi connectivity index (χ3v) is 3.73. The summed E-state index contributed by atoms with van der Waals surface area (Å²) in [6.45, 7) is 0.106. The molecule has 0 unspecified atom stereocenters. The third kappa shape index (κ3) is 2.79. The summed E-state index contributed by atoms with van der Waals surface area (Å²) in [5, 5.41) is 9.25. The lowest BCUT2D eigenvalue weighted by Crippen LogP contribution is -2.35. The molecule has 3 rings (SSSR count). The van der Waals surface area contributed by atoms with Crippen LogP contribution in [-0.2, 0) is 6.54 Å². The van der Waals surface area contributed by atoms with Crippen LogP contribution in [0.3, 0.4) is 0 Å². The second-order valence-corrected chi connectivity index (χ2v) is 5.24. The van der Waals surface area contributed by atoms with Crippen LogP contribution < -0.4 is 16.0 Å². The molecular weight excluding hydrogens is 312 g/mol. The lowest BCUT2D eigenvalue weighted by atomic mass is 10.1. The molecule has 0 aliphatic carbocycles. The van der Waals surface area contributed by atoms with Crippen molar-refractivity contribution >= 4 is 16.9 Å². The standard InChI is InChI=1S/C17H14N2O5/c1-24-12-5-2-10(3-6-12)9-19-15(20)13-7-4-11(16(21)22)8-14(13)18-17(19)23/h2-8H,9H2,1H3,(H,18,23)(H,21,22). The first kappa shape index (κ1) is 15.5. The van der Waals surface area contributed by atoms with Crippen molar-refractivity contribution in [3.63, 3.8) is 0 Å². The quantitative estimate of drug-likeness (QED) is 0.755. The highest BCUT2D eigenvalue weighted by atomic mass is 16.5. The van der Waals surface area contributed by atoms with Gasteiger partial charge in [-0.05, 0) is 35.9 Å². The number of ether oxygens (including phenoxy) is 1. The lowest BCUT2D eigenvalue weighted by molar-refractivity contribution is 0.0697. The summed E-state index contributed by atoms with van der Waals surface area (Å²) in [5.74, 6) is -0.445. The minimum atomic E-state index is -1.12. The first-order chi connectivity index (χ1) is 11.5. The van der Waals surface area contributed by atoms with E-state index in [4.69, 9.17) is 9.84 Å². The van der Waals surface area contributed by atoms with E-state index in [1.165, 1.54) is 18.2 Å². The monoisotopic (exact) mass is 326 g/mol. The summed E-state index contributed by atoms with van der Waals surface area (Å²) >= 11 is 0. The highest BCUT2D eigenvalue weighted by Gasteiger charge is 2.11. The number of aromatic amines is 1. The largest absolute Gasteiger partial charge is 0.497 e. The molecule has 7 nitrogen and oxygen atoms in total. The molecule has 7 heteroatoms. The van der Waals surface area contributed by atoms with Crippen molar-refractivity contribution in [2.45, 2.75) is 6.54 Å². The topological polar surface area (TPSA) is 101 Å². The molecule has 24 heavy (non-hydrogen) atoms. The Kier molecular flexibility index (Phi) is 3.91. The van der Waals surface area contributed by atoms with E-state index >= 15 is 0 Å². The zero-order valence-corrected chi connectivity index (χ0v) is 12.8. The number of aromatic carboxylic acids is 1. The maximum absolute atomic E-state index is 12.5. The lowest BCUT2D eigenvalue weighted by Gasteiger charge is -2.08. The fraction of sp³-hybridized carbons (Fsp3) is 0.118. The second kappa shape index (κ2) is 6.04. The van der Waals surface area contributed by atoms with Gasteiger partial charge in [0.25, 0.3) is 5.56 Å². The molecule has 0 radical (unpaired) electrons. The van der Waals surface area contributed by atoms with Crippen molar-refractivity contribution in [2.75, 3.05) is 7.11 Å². The van der Waals surface area contributed by atoms with E-state index in [-0.39, 0.29) is 23.0 Å². The maximum atomic E-state index is 12.5. The van der Waals surface area contributed by atoms with E-state index in [2.05, 4.69) is 4.98 Å². The average molecular weight is 326 g/mol. The van der Waals surface area contributed by atoms with Crippen LogP contribution in [0.2, 0.25) is 0 Å². The molecule has 0 atom stereocenters. The van der Waals surface area contributed by atoms with Crippen LogP contribution in [0.15, 0.2) is 52.1 Å². The van der Waals surface area contributed by atoms with E-state index in [0.29, 0.717) is 5.75 Å². The Morgan fingerprint density at radius 1 is 1.17 bits per heavy atom. The van der Waals surface area contributed by atoms with Gasteiger partial charge in [0.1, 0.15) is 5.75 Å². The average Bonchev–Trinajstić information content (AvgIpc) is 2.58. The minimum Gasteiger partial charge on any atom is -0.497 e. The highest BCUT2D eigenvalue weighted by molar-refractivity contribution is 5.92. The summed E-state index contributed by atoms with van der Waals surface area (Å²) in [6.07, 6.45) is 0. The molecule has 0 spiro atoms. The number of methoxy groups -OCH3 is 1. The van der Waals surface area contributed by atoms with Crippen LogP contribution in [0.5, 0.6) is 5.75 Å². The highest BCUT2D eigenvalue weighted by Crippen LogP contribution is 2.12. The number of rotatable bonds is 4. The third-order valence-electron chi connectivity index (χ3n) is 3.73. The molecule has 1 heterocycles.